The smallest absolute Gasteiger partial charge is 0.341 e. The largest absolute Gasteiger partial charge is 0.483 e. The number of esters is 1. The molecule has 0 aliphatic rings. The van der Waals surface area contributed by atoms with Crippen LogP contribution in [0, 0.1) is 6.92 Å². The van der Waals surface area contributed by atoms with Gasteiger partial charge in [0, 0.05) is 19.9 Å². The average Bonchev–Trinajstić information content (AvgIpc) is 3.07. The predicted octanol–water partition coefficient (Wildman–Crippen LogP) is 7.07. The second kappa shape index (κ2) is 10.5. The van der Waals surface area contributed by atoms with Crippen LogP contribution in [-0.4, -0.2) is 25.6 Å². The van der Waals surface area contributed by atoms with Crippen LogP contribution in [0.15, 0.2) is 46.9 Å². The first-order valence-electron chi connectivity index (χ1n) is 9.91. The molecule has 0 spiro atoms. The van der Waals surface area contributed by atoms with Crippen LogP contribution in [0.3, 0.4) is 0 Å². The molecule has 0 bridgehead atoms. The molecule has 3 rings (SSSR count). The maximum Gasteiger partial charge on any atom is 0.341 e. The third kappa shape index (κ3) is 5.52. The van der Waals surface area contributed by atoms with E-state index in [-0.39, 0.29) is 18.4 Å². The summed E-state index contributed by atoms with van der Waals surface area (Å²) in [5.74, 6) is -0.0209. The van der Waals surface area contributed by atoms with Gasteiger partial charge in [0.25, 0.3) is 5.91 Å². The summed E-state index contributed by atoms with van der Waals surface area (Å²) < 4.78 is 11.7. The number of carbonyl (C=O) groups excluding carboxylic acids is 2. The predicted molar refractivity (Wildman–Crippen MR) is 133 cm³/mol. The maximum absolute atomic E-state index is 12.7. The molecule has 1 amide bonds. The lowest BCUT2D eigenvalue weighted by Gasteiger charge is -2.14. The highest BCUT2D eigenvalue weighted by Crippen LogP contribution is 2.41. The lowest BCUT2D eigenvalue weighted by atomic mass is 10.0. The fourth-order valence-corrected chi connectivity index (χ4v) is 4.98. The van der Waals surface area contributed by atoms with Crippen LogP contribution in [0.25, 0.3) is 11.1 Å². The lowest BCUT2D eigenvalue weighted by Crippen LogP contribution is -2.21. The van der Waals surface area contributed by atoms with Gasteiger partial charge in [-0.25, -0.2) is 4.79 Å². The molecule has 0 saturated heterocycles. The number of anilines is 1. The summed E-state index contributed by atoms with van der Waals surface area (Å²) in [6, 6.07) is 12.9. The number of benzene rings is 2. The Morgan fingerprint density at radius 2 is 1.94 bits per heavy atom. The van der Waals surface area contributed by atoms with E-state index in [0.29, 0.717) is 26.9 Å². The van der Waals surface area contributed by atoms with Gasteiger partial charge in [0.05, 0.1) is 7.11 Å². The van der Waals surface area contributed by atoms with Crippen molar-refractivity contribution in [2.24, 2.45) is 0 Å². The van der Waals surface area contributed by atoms with Gasteiger partial charge in [0.15, 0.2) is 6.61 Å². The van der Waals surface area contributed by atoms with Gasteiger partial charge in [0.2, 0.25) is 0 Å². The number of methoxy groups -OCH3 is 1. The highest BCUT2D eigenvalue weighted by molar-refractivity contribution is 9.10. The number of nitrogens with one attached hydrogen (secondary N) is 1. The van der Waals surface area contributed by atoms with Gasteiger partial charge in [-0.1, -0.05) is 53.5 Å². The van der Waals surface area contributed by atoms with E-state index < -0.39 is 5.97 Å². The van der Waals surface area contributed by atoms with Crippen molar-refractivity contribution in [2.75, 3.05) is 19.0 Å². The number of hydrogen-bond acceptors (Lipinski definition) is 5. The fourth-order valence-electron chi connectivity index (χ4n) is 3.33. The van der Waals surface area contributed by atoms with E-state index in [1.165, 1.54) is 18.4 Å². The van der Waals surface area contributed by atoms with Crippen molar-refractivity contribution in [3.8, 4) is 16.9 Å². The topological polar surface area (TPSA) is 64.6 Å². The first-order valence-corrected chi connectivity index (χ1v) is 11.9. The van der Waals surface area contributed by atoms with Crippen molar-refractivity contribution in [3.63, 3.8) is 0 Å². The van der Waals surface area contributed by atoms with Gasteiger partial charge in [-0.15, -0.1) is 11.3 Å². The second-order valence-corrected chi connectivity index (χ2v) is 9.99. The quantitative estimate of drug-likeness (QED) is 0.328. The van der Waals surface area contributed by atoms with Crippen LogP contribution in [0.5, 0.6) is 5.75 Å². The number of rotatable bonds is 7. The molecule has 0 saturated carbocycles. The molecule has 168 valence electrons. The van der Waals surface area contributed by atoms with Crippen molar-refractivity contribution < 1.29 is 19.1 Å². The van der Waals surface area contributed by atoms with E-state index >= 15 is 0 Å². The minimum atomic E-state index is -0.532. The SMILES string of the molecule is COC(=O)c1c(NC(=O)COc2ccc(Br)cc2C(C)C)sc(C)c1-c1cccc(Cl)c1. The second-order valence-electron chi connectivity index (χ2n) is 7.41. The summed E-state index contributed by atoms with van der Waals surface area (Å²) >= 11 is 10.9. The molecule has 1 heterocycles. The summed E-state index contributed by atoms with van der Waals surface area (Å²) in [7, 11) is 1.31. The van der Waals surface area contributed by atoms with E-state index in [0.717, 1.165) is 20.5 Å². The van der Waals surface area contributed by atoms with Gasteiger partial charge in [-0.2, -0.15) is 0 Å². The fraction of sp³-hybridized carbons (Fsp3) is 0.250. The van der Waals surface area contributed by atoms with E-state index in [1.807, 2.05) is 37.3 Å². The van der Waals surface area contributed by atoms with Crippen molar-refractivity contribution in [3.05, 3.63) is 68.0 Å². The molecule has 3 aromatic rings. The maximum atomic E-state index is 12.7. The van der Waals surface area contributed by atoms with Crippen molar-refractivity contribution >= 4 is 55.7 Å². The Balaban J connectivity index is 1.85. The van der Waals surface area contributed by atoms with Crippen molar-refractivity contribution in [1.82, 2.24) is 0 Å². The third-order valence-corrected chi connectivity index (χ3v) is 6.54. The molecule has 0 radical (unpaired) electrons. The van der Waals surface area contributed by atoms with E-state index in [1.54, 1.807) is 12.1 Å². The van der Waals surface area contributed by atoms with Gasteiger partial charge in [0.1, 0.15) is 16.3 Å². The van der Waals surface area contributed by atoms with E-state index in [4.69, 9.17) is 21.1 Å². The average molecular weight is 537 g/mol. The third-order valence-electron chi connectivity index (χ3n) is 4.79. The van der Waals surface area contributed by atoms with Gasteiger partial charge in [-0.3, -0.25) is 4.79 Å². The monoisotopic (exact) mass is 535 g/mol. The summed E-state index contributed by atoms with van der Waals surface area (Å²) in [4.78, 5) is 26.2. The number of ether oxygens (including phenoxy) is 2. The van der Waals surface area contributed by atoms with Crippen LogP contribution in [0.1, 0.15) is 40.6 Å². The molecule has 0 atom stereocenters. The zero-order valence-electron chi connectivity index (χ0n) is 18.1. The van der Waals surface area contributed by atoms with Crippen LogP contribution in [0.4, 0.5) is 5.00 Å². The summed E-state index contributed by atoms with van der Waals surface area (Å²) in [6.07, 6.45) is 0. The molecule has 0 aliphatic carbocycles. The summed E-state index contributed by atoms with van der Waals surface area (Å²) in [5, 5.41) is 3.78. The number of hydrogen-bond donors (Lipinski definition) is 1. The Morgan fingerprint density at radius 3 is 2.59 bits per heavy atom. The normalized spacial score (nSPS) is 10.8. The molecule has 5 nitrogen and oxygen atoms in total. The Morgan fingerprint density at radius 1 is 1.19 bits per heavy atom. The van der Waals surface area contributed by atoms with Gasteiger partial charge < -0.3 is 14.8 Å². The molecule has 2 aromatic carbocycles. The van der Waals surface area contributed by atoms with E-state index in [9.17, 15) is 9.59 Å². The number of thiophene rings is 1. The molecular formula is C24H23BrClNO4S. The molecule has 0 unspecified atom stereocenters. The zero-order valence-corrected chi connectivity index (χ0v) is 21.3. The van der Waals surface area contributed by atoms with Crippen molar-refractivity contribution in [2.45, 2.75) is 26.7 Å². The number of halogens is 2. The van der Waals surface area contributed by atoms with Crippen LogP contribution >= 0.6 is 38.9 Å². The Hall–Kier alpha value is -2.35. The minimum Gasteiger partial charge on any atom is -0.483 e. The Kier molecular flexibility index (Phi) is 7.98. The number of amides is 1. The molecule has 0 fully saturated rings. The first kappa shape index (κ1) is 24.3. The van der Waals surface area contributed by atoms with Crippen LogP contribution < -0.4 is 10.1 Å². The summed E-state index contributed by atoms with van der Waals surface area (Å²) in [6.45, 7) is 5.81. The molecule has 32 heavy (non-hydrogen) atoms. The zero-order chi connectivity index (χ0) is 23.4. The highest BCUT2D eigenvalue weighted by atomic mass is 79.9. The summed E-state index contributed by atoms with van der Waals surface area (Å²) in [5.41, 5.74) is 2.77. The lowest BCUT2D eigenvalue weighted by molar-refractivity contribution is -0.118. The molecule has 1 N–H and O–H groups in total. The standard InChI is InChI=1S/C24H23BrClNO4S/c1-13(2)18-11-16(25)8-9-19(18)31-12-20(28)27-23-22(24(29)30-4)21(14(3)32-23)15-6-5-7-17(26)10-15/h5-11,13H,12H2,1-4H3,(H,27,28). The molecular weight excluding hydrogens is 514 g/mol. The number of aryl methyl sites for hydroxylation is 1. The first-order chi connectivity index (χ1) is 15.2. The van der Waals surface area contributed by atoms with Crippen molar-refractivity contribution in [1.29, 1.82) is 0 Å². The van der Waals surface area contributed by atoms with Crippen LogP contribution in [-0.2, 0) is 9.53 Å². The van der Waals surface area contributed by atoms with E-state index in [2.05, 4.69) is 35.1 Å². The molecule has 1 aromatic heterocycles. The number of carbonyl (C=O) groups is 2. The highest BCUT2D eigenvalue weighted by Gasteiger charge is 2.25. The van der Waals surface area contributed by atoms with Crippen LogP contribution in [0.2, 0.25) is 5.02 Å². The molecule has 8 heteroatoms. The minimum absolute atomic E-state index is 0.189. The Labute approximate surface area is 204 Å². The Bertz CT molecular complexity index is 1160. The molecule has 0 aliphatic heterocycles. The van der Waals surface area contributed by atoms with Gasteiger partial charge in [-0.05, 0) is 54.3 Å². The van der Waals surface area contributed by atoms with Gasteiger partial charge >= 0.3 is 5.97 Å².